The van der Waals surface area contributed by atoms with Crippen molar-refractivity contribution in [3.05, 3.63) is 12.3 Å². The number of rotatable bonds is 1. The zero-order valence-corrected chi connectivity index (χ0v) is 8.92. The lowest BCUT2D eigenvalue weighted by molar-refractivity contribution is 0.160. The topological polar surface area (TPSA) is 23.6 Å². The Morgan fingerprint density at radius 2 is 1.92 bits per heavy atom. The Kier molecular flexibility index (Phi) is 2.37. The molecule has 13 heavy (non-hydrogen) atoms. The number of hydrogen-bond acceptors (Lipinski definition) is 1. The van der Waals surface area contributed by atoms with Crippen LogP contribution in [0.15, 0.2) is 12.3 Å². The quantitative estimate of drug-likeness (QED) is 0.609. The minimum atomic E-state index is -0.0821. The lowest BCUT2D eigenvalue weighted by atomic mass is 10.1. The molecule has 0 N–H and O–H groups in total. The van der Waals surface area contributed by atoms with Gasteiger partial charge in [0.15, 0.2) is 0 Å². The van der Waals surface area contributed by atoms with E-state index >= 15 is 0 Å². The van der Waals surface area contributed by atoms with Gasteiger partial charge in [0, 0.05) is 24.3 Å². The summed E-state index contributed by atoms with van der Waals surface area (Å²) in [6.45, 7) is 13.4. The standard InChI is InChI=1S/C10H18N2O/c1-8(2)11-6-7-12(9(11)13)10(3,4)5/h1,6-7H2,2-5H3. The molecule has 3 heteroatoms. The second-order valence-corrected chi connectivity index (χ2v) is 4.49. The average Bonchev–Trinajstić information content (AvgIpc) is 2.28. The van der Waals surface area contributed by atoms with Crippen molar-refractivity contribution >= 4 is 6.03 Å². The van der Waals surface area contributed by atoms with E-state index in [-0.39, 0.29) is 11.6 Å². The fourth-order valence-electron chi connectivity index (χ4n) is 1.51. The first-order chi connectivity index (χ1) is 5.84. The van der Waals surface area contributed by atoms with Gasteiger partial charge in [0.1, 0.15) is 0 Å². The molecule has 74 valence electrons. The van der Waals surface area contributed by atoms with Crippen LogP contribution in [0.25, 0.3) is 0 Å². The van der Waals surface area contributed by atoms with E-state index in [2.05, 4.69) is 6.58 Å². The summed E-state index contributed by atoms with van der Waals surface area (Å²) in [4.78, 5) is 15.4. The molecule has 0 spiro atoms. The van der Waals surface area contributed by atoms with Crippen molar-refractivity contribution in [1.82, 2.24) is 9.80 Å². The van der Waals surface area contributed by atoms with Crippen LogP contribution in [-0.2, 0) is 0 Å². The van der Waals surface area contributed by atoms with E-state index in [1.165, 1.54) is 0 Å². The van der Waals surface area contributed by atoms with Gasteiger partial charge in [0.25, 0.3) is 0 Å². The van der Waals surface area contributed by atoms with Crippen molar-refractivity contribution in [3.8, 4) is 0 Å². The normalized spacial score (nSPS) is 18.3. The Hall–Kier alpha value is -0.990. The third-order valence-corrected chi connectivity index (χ3v) is 2.28. The Morgan fingerprint density at radius 3 is 2.15 bits per heavy atom. The number of hydrogen-bond donors (Lipinski definition) is 0. The molecule has 0 aromatic heterocycles. The average molecular weight is 182 g/mol. The summed E-state index contributed by atoms with van der Waals surface area (Å²) >= 11 is 0. The van der Waals surface area contributed by atoms with Gasteiger partial charge < -0.3 is 4.90 Å². The number of amides is 2. The van der Waals surface area contributed by atoms with Gasteiger partial charge in [0.05, 0.1) is 0 Å². The summed E-state index contributed by atoms with van der Waals surface area (Å²) in [6.07, 6.45) is 0. The predicted octanol–water partition coefficient (Wildman–Crippen LogP) is 2.06. The molecule has 0 unspecified atom stereocenters. The van der Waals surface area contributed by atoms with E-state index in [0.717, 1.165) is 18.8 Å². The van der Waals surface area contributed by atoms with Crippen LogP contribution in [0, 0.1) is 0 Å². The van der Waals surface area contributed by atoms with Crippen molar-refractivity contribution in [1.29, 1.82) is 0 Å². The molecule has 0 aromatic carbocycles. The highest BCUT2D eigenvalue weighted by atomic mass is 16.2. The minimum Gasteiger partial charge on any atom is -0.318 e. The van der Waals surface area contributed by atoms with Gasteiger partial charge in [-0.05, 0) is 27.7 Å². The van der Waals surface area contributed by atoms with E-state index < -0.39 is 0 Å². The first kappa shape index (κ1) is 10.1. The van der Waals surface area contributed by atoms with Crippen molar-refractivity contribution in [2.75, 3.05) is 13.1 Å². The Balaban J connectivity index is 2.77. The summed E-state index contributed by atoms with van der Waals surface area (Å²) in [5.41, 5.74) is 0.748. The highest BCUT2D eigenvalue weighted by Gasteiger charge is 2.35. The molecular formula is C10H18N2O. The highest BCUT2D eigenvalue weighted by Crippen LogP contribution is 2.22. The smallest absolute Gasteiger partial charge is 0.318 e. The zero-order valence-electron chi connectivity index (χ0n) is 8.92. The number of urea groups is 1. The summed E-state index contributed by atoms with van der Waals surface area (Å²) < 4.78 is 0. The molecule has 1 aliphatic heterocycles. The van der Waals surface area contributed by atoms with Gasteiger partial charge in [-0.3, -0.25) is 4.90 Å². The van der Waals surface area contributed by atoms with Gasteiger partial charge in [-0.25, -0.2) is 4.79 Å². The molecule has 3 nitrogen and oxygen atoms in total. The molecule has 0 bridgehead atoms. The van der Waals surface area contributed by atoms with Crippen LogP contribution >= 0.6 is 0 Å². The van der Waals surface area contributed by atoms with Crippen LogP contribution in [0.5, 0.6) is 0 Å². The van der Waals surface area contributed by atoms with Crippen LogP contribution in [0.4, 0.5) is 4.79 Å². The number of nitrogens with zero attached hydrogens (tertiary/aromatic N) is 2. The van der Waals surface area contributed by atoms with Crippen LogP contribution < -0.4 is 0 Å². The van der Waals surface area contributed by atoms with E-state index in [4.69, 9.17) is 0 Å². The number of carbonyl (C=O) groups is 1. The molecule has 1 heterocycles. The van der Waals surface area contributed by atoms with E-state index in [9.17, 15) is 4.79 Å². The minimum absolute atomic E-state index is 0.0821. The van der Waals surface area contributed by atoms with Gasteiger partial charge in [0.2, 0.25) is 0 Å². The molecule has 1 fully saturated rings. The Morgan fingerprint density at radius 1 is 1.38 bits per heavy atom. The molecule has 0 aromatic rings. The third-order valence-electron chi connectivity index (χ3n) is 2.28. The van der Waals surface area contributed by atoms with Gasteiger partial charge in [-0.1, -0.05) is 6.58 Å². The summed E-state index contributed by atoms with van der Waals surface area (Å²) in [5.74, 6) is 0. The second-order valence-electron chi connectivity index (χ2n) is 4.49. The molecule has 1 aliphatic rings. The van der Waals surface area contributed by atoms with Crippen molar-refractivity contribution < 1.29 is 4.79 Å². The van der Waals surface area contributed by atoms with Crippen LogP contribution in [0.3, 0.4) is 0 Å². The lowest BCUT2D eigenvalue weighted by Gasteiger charge is -2.31. The lowest BCUT2D eigenvalue weighted by Crippen LogP contribution is -2.43. The highest BCUT2D eigenvalue weighted by molar-refractivity contribution is 5.79. The Labute approximate surface area is 80.0 Å². The van der Waals surface area contributed by atoms with Gasteiger partial charge >= 0.3 is 6.03 Å². The van der Waals surface area contributed by atoms with Crippen LogP contribution in [0.2, 0.25) is 0 Å². The SMILES string of the molecule is C=C(C)N1CCN(C(C)(C)C)C1=O. The molecular weight excluding hydrogens is 164 g/mol. The monoisotopic (exact) mass is 182 g/mol. The largest absolute Gasteiger partial charge is 0.324 e. The van der Waals surface area contributed by atoms with Gasteiger partial charge in [-0.2, -0.15) is 0 Å². The van der Waals surface area contributed by atoms with E-state index in [1.807, 2.05) is 32.6 Å². The maximum atomic E-state index is 11.8. The predicted molar refractivity (Wildman–Crippen MR) is 53.4 cm³/mol. The van der Waals surface area contributed by atoms with Gasteiger partial charge in [-0.15, -0.1) is 0 Å². The van der Waals surface area contributed by atoms with Crippen molar-refractivity contribution in [2.45, 2.75) is 33.2 Å². The molecule has 0 atom stereocenters. The molecule has 0 radical (unpaired) electrons. The first-order valence-corrected chi connectivity index (χ1v) is 4.58. The van der Waals surface area contributed by atoms with E-state index in [0.29, 0.717) is 0 Å². The second kappa shape index (κ2) is 3.05. The zero-order chi connectivity index (χ0) is 10.2. The molecule has 1 rings (SSSR count). The maximum absolute atomic E-state index is 11.8. The molecule has 0 aliphatic carbocycles. The molecule has 2 amide bonds. The molecule has 1 saturated heterocycles. The van der Waals surface area contributed by atoms with Crippen molar-refractivity contribution in [2.24, 2.45) is 0 Å². The maximum Gasteiger partial charge on any atom is 0.324 e. The first-order valence-electron chi connectivity index (χ1n) is 4.58. The fraction of sp³-hybridized carbons (Fsp3) is 0.700. The number of allylic oxidation sites excluding steroid dienone is 1. The van der Waals surface area contributed by atoms with E-state index in [1.54, 1.807) is 4.90 Å². The summed E-state index contributed by atoms with van der Waals surface area (Å²) in [7, 11) is 0. The summed E-state index contributed by atoms with van der Waals surface area (Å²) in [5, 5.41) is 0. The third kappa shape index (κ3) is 1.85. The van der Waals surface area contributed by atoms with Crippen LogP contribution in [0.1, 0.15) is 27.7 Å². The molecule has 0 saturated carbocycles. The summed E-state index contributed by atoms with van der Waals surface area (Å²) in [6, 6.07) is 0.0833. The Bertz CT molecular complexity index is 240. The number of carbonyl (C=O) groups excluding carboxylic acids is 1. The fourth-order valence-corrected chi connectivity index (χ4v) is 1.51. The van der Waals surface area contributed by atoms with Crippen LogP contribution in [-0.4, -0.2) is 34.5 Å². The van der Waals surface area contributed by atoms with Crippen molar-refractivity contribution in [3.63, 3.8) is 0 Å².